The molecule has 0 radical (unpaired) electrons. The van der Waals surface area contributed by atoms with Crippen molar-refractivity contribution >= 4 is 17.3 Å². The van der Waals surface area contributed by atoms with Crippen molar-refractivity contribution in [2.45, 2.75) is 19.4 Å². The second-order valence-electron chi connectivity index (χ2n) is 5.64. The molecule has 2 rings (SSSR count). The molecule has 0 aromatic heterocycles. The molecule has 0 heterocycles. The van der Waals surface area contributed by atoms with Crippen LogP contribution in [0.15, 0.2) is 42.5 Å². The first kappa shape index (κ1) is 16.6. The molecule has 6 nitrogen and oxygen atoms in total. The normalized spacial score (nSPS) is 11.1. The predicted molar refractivity (Wildman–Crippen MR) is 85.4 cm³/mol. The quantitative estimate of drug-likeness (QED) is 0.668. The lowest BCUT2D eigenvalue weighted by atomic mass is 10.0. The molecule has 0 aliphatic carbocycles. The first-order valence-electron chi connectivity index (χ1n) is 6.84. The lowest BCUT2D eigenvalue weighted by Crippen LogP contribution is -2.45. The molecule has 0 aliphatic rings. The smallest absolute Gasteiger partial charge is 0.270 e. The molecule has 7 heteroatoms. The fourth-order valence-electron chi connectivity index (χ4n) is 1.94. The van der Waals surface area contributed by atoms with E-state index in [0.29, 0.717) is 0 Å². The van der Waals surface area contributed by atoms with Gasteiger partial charge in [-0.05, 0) is 26.0 Å². The largest absolute Gasteiger partial charge is 0.324 e. The van der Waals surface area contributed by atoms with Crippen LogP contribution in [0.4, 0.5) is 15.8 Å². The van der Waals surface area contributed by atoms with E-state index in [4.69, 9.17) is 5.73 Å². The van der Waals surface area contributed by atoms with E-state index in [-0.39, 0.29) is 22.5 Å². The van der Waals surface area contributed by atoms with E-state index >= 15 is 0 Å². The average Bonchev–Trinajstić information content (AvgIpc) is 2.47. The van der Waals surface area contributed by atoms with Gasteiger partial charge in [0.15, 0.2) is 0 Å². The van der Waals surface area contributed by atoms with Crippen LogP contribution >= 0.6 is 0 Å². The standard InChI is InChI=1S/C16H16FN3O3/c1-16(2,18)15(21)19-14-8-7-10(20(22)23)9-12(14)11-5-3-4-6-13(11)17/h3-9H,18H2,1-2H3,(H,19,21). The summed E-state index contributed by atoms with van der Waals surface area (Å²) in [5, 5.41) is 13.6. The third-order valence-corrected chi connectivity index (χ3v) is 3.21. The second kappa shape index (κ2) is 6.13. The summed E-state index contributed by atoms with van der Waals surface area (Å²) in [5.74, 6) is -1.03. The minimum atomic E-state index is -1.14. The summed E-state index contributed by atoms with van der Waals surface area (Å²) in [6.45, 7) is 3.05. The molecule has 23 heavy (non-hydrogen) atoms. The van der Waals surface area contributed by atoms with Crippen LogP contribution in [-0.2, 0) is 4.79 Å². The minimum absolute atomic E-state index is 0.154. The molecular formula is C16H16FN3O3. The van der Waals surface area contributed by atoms with Crippen molar-refractivity contribution in [1.29, 1.82) is 0 Å². The van der Waals surface area contributed by atoms with Gasteiger partial charge in [-0.1, -0.05) is 18.2 Å². The van der Waals surface area contributed by atoms with Gasteiger partial charge in [0.25, 0.3) is 5.69 Å². The molecule has 0 bridgehead atoms. The highest BCUT2D eigenvalue weighted by Crippen LogP contribution is 2.33. The maximum atomic E-state index is 14.1. The van der Waals surface area contributed by atoms with E-state index in [1.807, 2.05) is 0 Å². The van der Waals surface area contributed by atoms with Crippen LogP contribution in [0.5, 0.6) is 0 Å². The van der Waals surface area contributed by atoms with E-state index in [0.717, 1.165) is 0 Å². The Hall–Kier alpha value is -2.80. The Bertz CT molecular complexity index is 769. The van der Waals surface area contributed by atoms with Crippen LogP contribution in [-0.4, -0.2) is 16.4 Å². The van der Waals surface area contributed by atoms with Crippen molar-refractivity contribution in [2.24, 2.45) is 5.73 Å². The number of nitro benzene ring substituents is 1. The molecule has 0 unspecified atom stereocenters. The van der Waals surface area contributed by atoms with Crippen molar-refractivity contribution in [3.63, 3.8) is 0 Å². The van der Waals surface area contributed by atoms with Gasteiger partial charge in [0.05, 0.1) is 10.5 Å². The van der Waals surface area contributed by atoms with E-state index in [1.165, 1.54) is 50.2 Å². The van der Waals surface area contributed by atoms with E-state index in [2.05, 4.69) is 5.32 Å². The Morgan fingerprint density at radius 2 is 1.87 bits per heavy atom. The molecule has 0 atom stereocenters. The van der Waals surface area contributed by atoms with Crippen molar-refractivity contribution < 1.29 is 14.1 Å². The van der Waals surface area contributed by atoms with Crippen LogP contribution < -0.4 is 11.1 Å². The highest BCUT2D eigenvalue weighted by Gasteiger charge is 2.24. The minimum Gasteiger partial charge on any atom is -0.324 e. The molecule has 3 N–H and O–H groups in total. The zero-order chi connectivity index (χ0) is 17.2. The third-order valence-electron chi connectivity index (χ3n) is 3.21. The van der Waals surface area contributed by atoms with Crippen molar-refractivity contribution in [3.8, 4) is 11.1 Å². The first-order chi connectivity index (χ1) is 10.7. The number of hydrogen-bond acceptors (Lipinski definition) is 4. The molecular weight excluding hydrogens is 301 g/mol. The number of carbonyl (C=O) groups excluding carboxylic acids is 1. The lowest BCUT2D eigenvalue weighted by molar-refractivity contribution is -0.384. The number of carbonyl (C=O) groups is 1. The Kier molecular flexibility index (Phi) is 4.42. The monoisotopic (exact) mass is 317 g/mol. The van der Waals surface area contributed by atoms with Gasteiger partial charge in [0, 0.05) is 28.9 Å². The number of benzene rings is 2. The summed E-state index contributed by atoms with van der Waals surface area (Å²) < 4.78 is 14.1. The third kappa shape index (κ3) is 3.70. The number of non-ortho nitro benzene ring substituents is 1. The fourth-order valence-corrected chi connectivity index (χ4v) is 1.94. The molecule has 120 valence electrons. The van der Waals surface area contributed by atoms with Gasteiger partial charge in [-0.15, -0.1) is 0 Å². The number of anilines is 1. The average molecular weight is 317 g/mol. The fraction of sp³-hybridized carbons (Fsp3) is 0.188. The number of nitrogens with one attached hydrogen (secondary N) is 1. The maximum Gasteiger partial charge on any atom is 0.270 e. The zero-order valence-corrected chi connectivity index (χ0v) is 12.7. The Labute approximate surface area is 132 Å². The van der Waals surface area contributed by atoms with Crippen molar-refractivity contribution in [1.82, 2.24) is 0 Å². The molecule has 0 saturated heterocycles. The van der Waals surface area contributed by atoms with Crippen LogP contribution in [0.3, 0.4) is 0 Å². The van der Waals surface area contributed by atoms with Crippen LogP contribution in [0, 0.1) is 15.9 Å². The molecule has 0 aliphatic heterocycles. The molecule has 2 aromatic rings. The first-order valence-corrected chi connectivity index (χ1v) is 6.84. The van der Waals surface area contributed by atoms with Gasteiger partial charge in [-0.25, -0.2) is 4.39 Å². The number of nitrogens with two attached hydrogens (primary N) is 1. The molecule has 0 spiro atoms. The number of nitrogens with zero attached hydrogens (tertiary/aromatic N) is 1. The topological polar surface area (TPSA) is 98.3 Å². The summed E-state index contributed by atoms with van der Waals surface area (Å²) in [6.07, 6.45) is 0. The van der Waals surface area contributed by atoms with Crippen LogP contribution in [0.25, 0.3) is 11.1 Å². The van der Waals surface area contributed by atoms with Gasteiger partial charge < -0.3 is 11.1 Å². The molecule has 0 fully saturated rings. The Balaban J connectivity index is 2.57. The SMILES string of the molecule is CC(C)(N)C(=O)Nc1ccc([N+](=O)[O-])cc1-c1ccccc1F. The van der Waals surface area contributed by atoms with Crippen molar-refractivity contribution in [3.05, 3.63) is 58.4 Å². The number of rotatable bonds is 4. The van der Waals surface area contributed by atoms with Gasteiger partial charge in [-0.2, -0.15) is 0 Å². The van der Waals surface area contributed by atoms with Crippen LogP contribution in [0.2, 0.25) is 0 Å². The summed E-state index contributed by atoms with van der Waals surface area (Å²) >= 11 is 0. The Morgan fingerprint density at radius 1 is 1.22 bits per heavy atom. The Morgan fingerprint density at radius 3 is 2.43 bits per heavy atom. The summed E-state index contributed by atoms with van der Waals surface area (Å²) in [6, 6.07) is 9.67. The zero-order valence-electron chi connectivity index (χ0n) is 12.7. The summed E-state index contributed by atoms with van der Waals surface area (Å²) in [4.78, 5) is 22.4. The highest BCUT2D eigenvalue weighted by atomic mass is 19.1. The van der Waals surface area contributed by atoms with Crippen molar-refractivity contribution in [2.75, 3.05) is 5.32 Å². The molecule has 2 aromatic carbocycles. The van der Waals surface area contributed by atoms with Gasteiger partial charge in [0.2, 0.25) is 5.91 Å². The second-order valence-corrected chi connectivity index (χ2v) is 5.64. The maximum absolute atomic E-state index is 14.1. The number of halogens is 1. The van der Waals surface area contributed by atoms with E-state index < -0.39 is 22.2 Å². The lowest BCUT2D eigenvalue weighted by Gasteiger charge is -2.19. The molecule has 1 amide bonds. The van der Waals surface area contributed by atoms with Gasteiger partial charge in [-0.3, -0.25) is 14.9 Å². The highest BCUT2D eigenvalue weighted by molar-refractivity contribution is 6.00. The summed E-state index contributed by atoms with van der Waals surface area (Å²) in [5.41, 5.74) is 5.01. The van der Waals surface area contributed by atoms with Crippen LogP contribution in [0.1, 0.15) is 13.8 Å². The molecule has 0 saturated carbocycles. The predicted octanol–water partition coefficient (Wildman–Crippen LogP) is 3.08. The van der Waals surface area contributed by atoms with Gasteiger partial charge >= 0.3 is 0 Å². The summed E-state index contributed by atoms with van der Waals surface area (Å²) in [7, 11) is 0. The number of nitro groups is 1. The van der Waals surface area contributed by atoms with E-state index in [9.17, 15) is 19.3 Å². The number of amides is 1. The van der Waals surface area contributed by atoms with Gasteiger partial charge in [0.1, 0.15) is 5.82 Å². The van der Waals surface area contributed by atoms with E-state index in [1.54, 1.807) is 6.07 Å². The number of hydrogen-bond donors (Lipinski definition) is 2.